The molecule has 1 aromatic carbocycles. The molecule has 1 atom stereocenters. The summed E-state index contributed by atoms with van der Waals surface area (Å²) in [6.07, 6.45) is 5.41. The molecule has 5 heteroatoms. The zero-order valence-electron chi connectivity index (χ0n) is 10.1. The van der Waals surface area contributed by atoms with Gasteiger partial charge in [-0.2, -0.15) is 5.10 Å². The summed E-state index contributed by atoms with van der Waals surface area (Å²) < 4.78 is 15.6. The van der Waals surface area contributed by atoms with Crippen LogP contribution in [0.2, 0.25) is 0 Å². The Morgan fingerprint density at radius 3 is 2.89 bits per heavy atom. The van der Waals surface area contributed by atoms with E-state index < -0.39 is 0 Å². The third-order valence-corrected chi connectivity index (χ3v) is 3.52. The van der Waals surface area contributed by atoms with E-state index in [1.165, 1.54) is 6.07 Å². The fraction of sp³-hybridized carbons (Fsp3) is 0.308. The van der Waals surface area contributed by atoms with Gasteiger partial charge in [0.25, 0.3) is 0 Å². The van der Waals surface area contributed by atoms with Crippen molar-refractivity contribution < 1.29 is 4.39 Å². The van der Waals surface area contributed by atoms with Gasteiger partial charge in [0, 0.05) is 19.3 Å². The second-order valence-corrected chi connectivity index (χ2v) is 5.20. The predicted molar refractivity (Wildman–Crippen MR) is 72.6 cm³/mol. The van der Waals surface area contributed by atoms with Crippen LogP contribution in [0, 0.1) is 5.82 Å². The smallest absolute Gasteiger partial charge is 0.137 e. The van der Waals surface area contributed by atoms with E-state index in [0.29, 0.717) is 4.47 Å². The predicted octanol–water partition coefficient (Wildman–Crippen LogP) is 2.95. The van der Waals surface area contributed by atoms with Crippen molar-refractivity contribution in [3.8, 4) is 0 Å². The zero-order chi connectivity index (χ0) is 13.1. The molecule has 0 fully saturated rings. The second-order valence-electron chi connectivity index (χ2n) is 4.34. The molecule has 2 aromatic rings. The lowest BCUT2D eigenvalue weighted by Gasteiger charge is -2.11. The molecule has 1 aromatic heterocycles. The SMILES string of the molecule is Cn1cc(CCC(N)c2ccc(Br)c(F)c2)cn1. The molecule has 0 saturated heterocycles. The van der Waals surface area contributed by atoms with E-state index in [9.17, 15) is 4.39 Å². The van der Waals surface area contributed by atoms with Crippen molar-refractivity contribution in [2.24, 2.45) is 12.8 Å². The molecule has 0 spiro atoms. The lowest BCUT2D eigenvalue weighted by molar-refractivity contribution is 0.604. The molecular weight excluding hydrogens is 297 g/mol. The molecule has 1 heterocycles. The van der Waals surface area contributed by atoms with Crippen molar-refractivity contribution in [2.45, 2.75) is 18.9 Å². The summed E-state index contributed by atoms with van der Waals surface area (Å²) in [7, 11) is 1.88. The van der Waals surface area contributed by atoms with Crippen LogP contribution in [0.1, 0.15) is 23.6 Å². The fourth-order valence-electron chi connectivity index (χ4n) is 1.83. The summed E-state index contributed by atoms with van der Waals surface area (Å²) >= 11 is 3.13. The second kappa shape index (κ2) is 5.63. The van der Waals surface area contributed by atoms with Crippen LogP contribution in [0.4, 0.5) is 4.39 Å². The molecule has 0 radical (unpaired) electrons. The van der Waals surface area contributed by atoms with Crippen LogP contribution in [-0.4, -0.2) is 9.78 Å². The van der Waals surface area contributed by atoms with E-state index in [1.54, 1.807) is 10.7 Å². The standard InChI is InChI=1S/C13H15BrFN3/c1-18-8-9(7-17-18)2-5-13(16)10-3-4-11(14)12(15)6-10/h3-4,6-8,13H,2,5,16H2,1H3. The van der Waals surface area contributed by atoms with Gasteiger partial charge < -0.3 is 5.73 Å². The molecule has 2 N–H and O–H groups in total. The van der Waals surface area contributed by atoms with E-state index >= 15 is 0 Å². The van der Waals surface area contributed by atoms with Crippen molar-refractivity contribution in [2.75, 3.05) is 0 Å². The van der Waals surface area contributed by atoms with Gasteiger partial charge in [-0.25, -0.2) is 4.39 Å². The Morgan fingerprint density at radius 1 is 1.50 bits per heavy atom. The van der Waals surface area contributed by atoms with E-state index in [1.807, 2.05) is 25.5 Å². The number of hydrogen-bond donors (Lipinski definition) is 1. The van der Waals surface area contributed by atoms with Crippen molar-refractivity contribution in [1.82, 2.24) is 9.78 Å². The first kappa shape index (κ1) is 13.2. The number of aromatic nitrogens is 2. The van der Waals surface area contributed by atoms with Crippen molar-refractivity contribution in [3.63, 3.8) is 0 Å². The summed E-state index contributed by atoms with van der Waals surface area (Å²) in [4.78, 5) is 0. The van der Waals surface area contributed by atoms with E-state index in [2.05, 4.69) is 21.0 Å². The molecule has 0 aliphatic heterocycles. The van der Waals surface area contributed by atoms with Crippen molar-refractivity contribution in [3.05, 3.63) is 52.0 Å². The Labute approximate surface area is 114 Å². The molecule has 2 rings (SSSR count). The first-order valence-corrected chi connectivity index (χ1v) is 6.53. The molecule has 1 unspecified atom stereocenters. The maximum Gasteiger partial charge on any atom is 0.137 e. The normalized spacial score (nSPS) is 12.7. The zero-order valence-corrected chi connectivity index (χ0v) is 11.7. The molecule has 0 aliphatic rings. The third kappa shape index (κ3) is 3.17. The van der Waals surface area contributed by atoms with Crippen LogP contribution < -0.4 is 5.73 Å². The molecule has 0 amide bonds. The minimum atomic E-state index is -0.274. The Kier molecular flexibility index (Phi) is 4.14. The number of benzene rings is 1. The molecule has 18 heavy (non-hydrogen) atoms. The highest BCUT2D eigenvalue weighted by atomic mass is 79.9. The lowest BCUT2D eigenvalue weighted by Crippen LogP contribution is -2.11. The molecule has 0 bridgehead atoms. The average molecular weight is 312 g/mol. The lowest BCUT2D eigenvalue weighted by atomic mass is 10.0. The summed E-state index contributed by atoms with van der Waals surface area (Å²) in [5.74, 6) is -0.274. The van der Waals surface area contributed by atoms with Crippen LogP contribution in [-0.2, 0) is 13.5 Å². The van der Waals surface area contributed by atoms with Gasteiger partial charge in [-0.1, -0.05) is 6.07 Å². The van der Waals surface area contributed by atoms with Gasteiger partial charge in [0.1, 0.15) is 5.82 Å². The topological polar surface area (TPSA) is 43.8 Å². The van der Waals surface area contributed by atoms with Crippen molar-refractivity contribution >= 4 is 15.9 Å². The summed E-state index contributed by atoms with van der Waals surface area (Å²) in [5.41, 5.74) is 8.02. The van der Waals surface area contributed by atoms with Gasteiger partial charge in [0.05, 0.1) is 10.7 Å². The van der Waals surface area contributed by atoms with Gasteiger partial charge in [0.2, 0.25) is 0 Å². The Hall–Kier alpha value is -1.20. The third-order valence-electron chi connectivity index (χ3n) is 2.87. The molecule has 96 valence electrons. The van der Waals surface area contributed by atoms with E-state index in [4.69, 9.17) is 5.73 Å². The largest absolute Gasteiger partial charge is 0.324 e. The number of rotatable bonds is 4. The first-order chi connectivity index (χ1) is 8.56. The number of hydrogen-bond acceptors (Lipinski definition) is 2. The monoisotopic (exact) mass is 311 g/mol. The highest BCUT2D eigenvalue weighted by Crippen LogP contribution is 2.22. The summed E-state index contributed by atoms with van der Waals surface area (Å²) in [5, 5.41) is 4.10. The molecule has 3 nitrogen and oxygen atoms in total. The minimum Gasteiger partial charge on any atom is -0.324 e. The molecule has 0 aliphatic carbocycles. The van der Waals surface area contributed by atoms with E-state index in [-0.39, 0.29) is 11.9 Å². The number of halogens is 2. The maximum absolute atomic E-state index is 13.4. The average Bonchev–Trinajstić information content (AvgIpc) is 2.75. The number of nitrogens with two attached hydrogens (primary N) is 1. The van der Waals surface area contributed by atoms with Gasteiger partial charge in [-0.3, -0.25) is 4.68 Å². The molecule has 0 saturated carbocycles. The minimum absolute atomic E-state index is 0.159. The summed E-state index contributed by atoms with van der Waals surface area (Å²) in [6.45, 7) is 0. The van der Waals surface area contributed by atoms with Gasteiger partial charge >= 0.3 is 0 Å². The van der Waals surface area contributed by atoms with E-state index in [0.717, 1.165) is 24.0 Å². The maximum atomic E-state index is 13.4. The van der Waals surface area contributed by atoms with Gasteiger partial charge in [-0.05, 0) is 52.0 Å². The highest BCUT2D eigenvalue weighted by Gasteiger charge is 2.09. The van der Waals surface area contributed by atoms with Crippen LogP contribution in [0.15, 0.2) is 35.1 Å². The van der Waals surface area contributed by atoms with Gasteiger partial charge in [-0.15, -0.1) is 0 Å². The highest BCUT2D eigenvalue weighted by molar-refractivity contribution is 9.10. The molecular formula is C13H15BrFN3. The van der Waals surface area contributed by atoms with Crippen LogP contribution in [0.5, 0.6) is 0 Å². The fourth-order valence-corrected chi connectivity index (χ4v) is 2.08. The number of nitrogens with zero attached hydrogens (tertiary/aromatic N) is 2. The first-order valence-electron chi connectivity index (χ1n) is 5.74. The van der Waals surface area contributed by atoms with Crippen LogP contribution in [0.3, 0.4) is 0 Å². The Balaban J connectivity index is 1.99. The number of aryl methyl sites for hydroxylation is 2. The van der Waals surface area contributed by atoms with Crippen LogP contribution >= 0.6 is 15.9 Å². The Morgan fingerprint density at radius 2 is 2.28 bits per heavy atom. The van der Waals surface area contributed by atoms with Crippen LogP contribution in [0.25, 0.3) is 0 Å². The summed E-state index contributed by atoms with van der Waals surface area (Å²) in [6, 6.07) is 4.86. The quantitative estimate of drug-likeness (QED) is 0.943. The Bertz CT molecular complexity index is 539. The van der Waals surface area contributed by atoms with Gasteiger partial charge in [0.15, 0.2) is 0 Å². The van der Waals surface area contributed by atoms with Crippen molar-refractivity contribution in [1.29, 1.82) is 0 Å².